The third-order valence-corrected chi connectivity index (χ3v) is 2.12. The van der Waals surface area contributed by atoms with Gasteiger partial charge in [-0.3, -0.25) is 4.79 Å². The summed E-state index contributed by atoms with van der Waals surface area (Å²) < 4.78 is 5.00. The van der Waals surface area contributed by atoms with Gasteiger partial charge in [-0.2, -0.15) is 0 Å². The molecule has 0 aliphatic rings. The van der Waals surface area contributed by atoms with Crippen molar-refractivity contribution in [3.63, 3.8) is 0 Å². The van der Waals surface area contributed by atoms with Crippen molar-refractivity contribution in [1.82, 2.24) is 5.16 Å². The molecule has 1 aromatic carbocycles. The maximum Gasteiger partial charge on any atom is 0.308 e. The highest BCUT2D eigenvalue weighted by molar-refractivity contribution is 5.74. The number of carboxylic acid groups (broad SMARTS) is 1. The summed E-state index contributed by atoms with van der Waals surface area (Å²) in [5, 5.41) is 21.4. The van der Waals surface area contributed by atoms with E-state index in [0.29, 0.717) is 16.9 Å². The first-order valence-corrected chi connectivity index (χ1v) is 4.61. The minimum Gasteiger partial charge on any atom is -0.508 e. The van der Waals surface area contributed by atoms with E-state index in [1.165, 1.54) is 18.3 Å². The summed E-state index contributed by atoms with van der Waals surface area (Å²) >= 11 is 0. The van der Waals surface area contributed by atoms with Crippen LogP contribution in [0.1, 0.15) is 5.56 Å². The number of hydrogen-bond acceptors (Lipinski definition) is 4. The van der Waals surface area contributed by atoms with Crippen molar-refractivity contribution < 1.29 is 19.5 Å². The third kappa shape index (κ3) is 2.03. The largest absolute Gasteiger partial charge is 0.508 e. The molecule has 1 heterocycles. The van der Waals surface area contributed by atoms with Crippen molar-refractivity contribution in [2.75, 3.05) is 0 Å². The van der Waals surface area contributed by atoms with Gasteiger partial charge in [0.05, 0.1) is 12.6 Å². The summed E-state index contributed by atoms with van der Waals surface area (Å²) in [5.74, 6) is -0.381. The van der Waals surface area contributed by atoms with Crippen LogP contribution in [-0.2, 0) is 11.2 Å². The van der Waals surface area contributed by atoms with Crippen LogP contribution >= 0.6 is 0 Å². The molecule has 2 aromatic rings. The van der Waals surface area contributed by atoms with Crippen LogP contribution in [0.5, 0.6) is 5.75 Å². The van der Waals surface area contributed by atoms with E-state index in [4.69, 9.17) is 14.7 Å². The number of rotatable bonds is 3. The predicted octanol–water partition coefficient (Wildman–Crippen LogP) is 1.67. The zero-order chi connectivity index (χ0) is 11.5. The molecule has 5 heteroatoms. The number of aromatic nitrogens is 1. The van der Waals surface area contributed by atoms with Crippen molar-refractivity contribution in [1.29, 1.82) is 0 Å². The minimum atomic E-state index is -0.941. The van der Waals surface area contributed by atoms with E-state index in [-0.39, 0.29) is 12.2 Å². The number of carboxylic acids is 1. The smallest absolute Gasteiger partial charge is 0.308 e. The zero-order valence-electron chi connectivity index (χ0n) is 8.25. The molecule has 0 spiro atoms. The van der Waals surface area contributed by atoms with Gasteiger partial charge in [0.15, 0.2) is 5.76 Å². The van der Waals surface area contributed by atoms with Crippen LogP contribution in [0.3, 0.4) is 0 Å². The average Bonchev–Trinajstić information content (AvgIpc) is 2.66. The molecule has 2 rings (SSSR count). The molecule has 0 saturated carbocycles. The fraction of sp³-hybridized carbons (Fsp3) is 0.0909. The summed E-state index contributed by atoms with van der Waals surface area (Å²) in [6, 6.07) is 6.28. The van der Waals surface area contributed by atoms with Crippen molar-refractivity contribution >= 4 is 5.97 Å². The molecule has 0 radical (unpaired) electrons. The summed E-state index contributed by atoms with van der Waals surface area (Å²) in [7, 11) is 0. The van der Waals surface area contributed by atoms with Gasteiger partial charge in [-0.1, -0.05) is 5.16 Å². The Kier molecular flexibility index (Phi) is 2.59. The minimum absolute atomic E-state index is 0.139. The lowest BCUT2D eigenvalue weighted by atomic mass is 10.1. The van der Waals surface area contributed by atoms with Crippen molar-refractivity contribution in [3.05, 3.63) is 36.0 Å². The number of aromatic hydroxyl groups is 1. The van der Waals surface area contributed by atoms with Gasteiger partial charge >= 0.3 is 5.97 Å². The van der Waals surface area contributed by atoms with E-state index in [9.17, 15) is 4.79 Å². The summed E-state index contributed by atoms with van der Waals surface area (Å²) in [6.45, 7) is 0. The molecule has 2 N–H and O–H groups in total. The predicted molar refractivity (Wildman–Crippen MR) is 54.9 cm³/mol. The van der Waals surface area contributed by atoms with E-state index in [0.717, 1.165) is 0 Å². The van der Waals surface area contributed by atoms with Gasteiger partial charge in [0.2, 0.25) is 0 Å². The quantitative estimate of drug-likeness (QED) is 0.820. The number of nitrogens with zero attached hydrogens (tertiary/aromatic N) is 1. The lowest BCUT2D eigenvalue weighted by Crippen LogP contribution is -1.99. The fourth-order valence-electron chi connectivity index (χ4n) is 1.40. The molecule has 0 amide bonds. The molecule has 0 aliphatic carbocycles. The second-order valence-corrected chi connectivity index (χ2v) is 3.30. The van der Waals surface area contributed by atoms with Crippen LogP contribution in [0.25, 0.3) is 11.3 Å². The number of aliphatic carboxylic acids is 1. The number of benzene rings is 1. The highest BCUT2D eigenvalue weighted by Gasteiger charge is 2.13. The van der Waals surface area contributed by atoms with E-state index in [2.05, 4.69) is 5.16 Å². The number of hydrogen-bond donors (Lipinski definition) is 2. The van der Waals surface area contributed by atoms with Gasteiger partial charge < -0.3 is 14.7 Å². The second-order valence-electron chi connectivity index (χ2n) is 3.30. The lowest BCUT2D eigenvalue weighted by molar-refractivity contribution is -0.136. The first-order valence-electron chi connectivity index (χ1n) is 4.61. The molecule has 1 aromatic heterocycles. The Morgan fingerprint density at radius 2 is 2.00 bits per heavy atom. The van der Waals surface area contributed by atoms with Crippen LogP contribution < -0.4 is 0 Å². The standard InChI is InChI=1S/C11H9NO4/c13-9-3-1-7(2-4-9)11-8(5-10(14)15)6-12-16-11/h1-4,6,13H,5H2,(H,14,15). The van der Waals surface area contributed by atoms with Crippen LogP contribution in [0, 0.1) is 0 Å². The Balaban J connectivity index is 2.36. The van der Waals surface area contributed by atoms with E-state index >= 15 is 0 Å². The Morgan fingerprint density at radius 1 is 1.31 bits per heavy atom. The van der Waals surface area contributed by atoms with Gasteiger partial charge in [-0.15, -0.1) is 0 Å². The maximum atomic E-state index is 10.6. The molecule has 0 unspecified atom stereocenters. The first kappa shape index (κ1) is 10.2. The Labute approximate surface area is 90.9 Å². The van der Waals surface area contributed by atoms with Gasteiger partial charge in [-0.05, 0) is 24.3 Å². The van der Waals surface area contributed by atoms with Gasteiger partial charge in [0.1, 0.15) is 5.75 Å². The molecule has 5 nitrogen and oxygen atoms in total. The van der Waals surface area contributed by atoms with Gasteiger partial charge in [0.25, 0.3) is 0 Å². The van der Waals surface area contributed by atoms with Crippen LogP contribution in [0.15, 0.2) is 35.0 Å². The summed E-state index contributed by atoms with van der Waals surface area (Å²) in [6.07, 6.45) is 1.25. The van der Waals surface area contributed by atoms with Crippen LogP contribution in [0.2, 0.25) is 0 Å². The third-order valence-electron chi connectivity index (χ3n) is 2.12. The molecule has 0 aliphatic heterocycles. The molecule has 0 atom stereocenters. The highest BCUT2D eigenvalue weighted by Crippen LogP contribution is 2.25. The van der Waals surface area contributed by atoms with Crippen molar-refractivity contribution in [2.24, 2.45) is 0 Å². The Morgan fingerprint density at radius 3 is 2.62 bits per heavy atom. The van der Waals surface area contributed by atoms with Crippen LogP contribution in [-0.4, -0.2) is 21.3 Å². The zero-order valence-corrected chi connectivity index (χ0v) is 8.25. The molecule has 16 heavy (non-hydrogen) atoms. The topological polar surface area (TPSA) is 83.6 Å². The molecule has 0 saturated heterocycles. The fourth-order valence-corrected chi connectivity index (χ4v) is 1.40. The number of phenolic OH excluding ortho intramolecular Hbond substituents is 1. The molecule has 0 bridgehead atoms. The van der Waals surface area contributed by atoms with Crippen molar-refractivity contribution in [2.45, 2.75) is 6.42 Å². The maximum absolute atomic E-state index is 10.6. The molecule has 0 fully saturated rings. The molecule has 82 valence electrons. The number of phenols is 1. The van der Waals surface area contributed by atoms with Crippen molar-refractivity contribution in [3.8, 4) is 17.1 Å². The molecular weight excluding hydrogens is 210 g/mol. The van der Waals surface area contributed by atoms with E-state index < -0.39 is 5.97 Å². The lowest BCUT2D eigenvalue weighted by Gasteiger charge is -1.99. The Bertz CT molecular complexity index is 501. The van der Waals surface area contributed by atoms with Crippen LogP contribution in [0.4, 0.5) is 0 Å². The second kappa shape index (κ2) is 4.06. The van der Waals surface area contributed by atoms with E-state index in [1.807, 2.05) is 0 Å². The summed E-state index contributed by atoms with van der Waals surface area (Å²) in [4.78, 5) is 10.6. The van der Waals surface area contributed by atoms with Gasteiger partial charge in [-0.25, -0.2) is 0 Å². The first-order chi connectivity index (χ1) is 7.66. The monoisotopic (exact) mass is 219 g/mol. The summed E-state index contributed by atoms with van der Waals surface area (Å²) in [5.41, 5.74) is 1.20. The Hall–Kier alpha value is -2.30. The van der Waals surface area contributed by atoms with Gasteiger partial charge in [0, 0.05) is 11.1 Å². The average molecular weight is 219 g/mol. The SMILES string of the molecule is O=C(O)Cc1cnoc1-c1ccc(O)cc1. The normalized spacial score (nSPS) is 10.2. The highest BCUT2D eigenvalue weighted by atomic mass is 16.5. The number of carbonyl (C=O) groups is 1. The van der Waals surface area contributed by atoms with E-state index in [1.54, 1.807) is 12.1 Å². The molecular formula is C11H9NO4.